The molecule has 0 aliphatic rings. The predicted molar refractivity (Wildman–Crippen MR) is 157 cm³/mol. The average molecular weight is 556 g/mol. The number of carbonyl (C=O) groups excluding carboxylic acids is 2. The van der Waals surface area contributed by atoms with Gasteiger partial charge in [-0.05, 0) is 80.3 Å². The van der Waals surface area contributed by atoms with E-state index >= 15 is 0 Å². The van der Waals surface area contributed by atoms with E-state index in [4.69, 9.17) is 20.0 Å². The summed E-state index contributed by atoms with van der Waals surface area (Å²) in [6.07, 6.45) is 10.1. The van der Waals surface area contributed by atoms with Gasteiger partial charge in [-0.15, -0.1) is 0 Å². The van der Waals surface area contributed by atoms with Crippen molar-refractivity contribution in [1.82, 2.24) is 14.4 Å². The molecular formula is C31H33N5O5. The van der Waals surface area contributed by atoms with E-state index in [1.165, 1.54) is 0 Å². The van der Waals surface area contributed by atoms with Crippen LogP contribution in [0.5, 0.6) is 5.75 Å². The Labute approximate surface area is 238 Å². The van der Waals surface area contributed by atoms with Crippen LogP contribution in [0.2, 0.25) is 0 Å². The van der Waals surface area contributed by atoms with Crippen molar-refractivity contribution in [1.29, 1.82) is 5.41 Å². The SMILES string of the molecule is COc1ccc(-c2cnc3c(Nc4ccc(C(=O)/C=C/CCOCCCC(=N)C(=O)CO)c(C)c4)nccn23)cc1. The molecule has 0 saturated carbocycles. The van der Waals surface area contributed by atoms with Crippen molar-refractivity contribution < 1.29 is 24.2 Å². The first-order valence-corrected chi connectivity index (χ1v) is 13.3. The van der Waals surface area contributed by atoms with Crippen molar-refractivity contribution >= 4 is 34.4 Å². The standard InChI is InChI=1S/C31H33N5O5/c1-21-18-23(10-13-25(21)28(38)7-3-4-16-41-17-5-6-26(32)29(39)20-37)35-30-31-34-19-27(36(31)15-14-33-30)22-8-11-24(40-2)12-9-22/h3,7-15,18-19,32,37H,4-6,16-17,20H2,1-2H3,(H,33,35)/b7-3+,32-26?. The number of allylic oxidation sites excluding steroid dienone is 1. The molecule has 4 aromatic rings. The Morgan fingerprint density at radius 3 is 2.66 bits per heavy atom. The zero-order chi connectivity index (χ0) is 29.2. The van der Waals surface area contributed by atoms with Gasteiger partial charge in [-0.2, -0.15) is 0 Å². The first-order chi connectivity index (χ1) is 19.9. The highest BCUT2D eigenvalue weighted by atomic mass is 16.5. The van der Waals surface area contributed by atoms with E-state index in [1.807, 2.05) is 60.1 Å². The first kappa shape index (κ1) is 29.3. The molecule has 2 aromatic carbocycles. The number of nitrogens with zero attached hydrogens (tertiary/aromatic N) is 3. The summed E-state index contributed by atoms with van der Waals surface area (Å²) in [7, 11) is 1.64. The number of rotatable bonds is 15. The van der Waals surface area contributed by atoms with Crippen molar-refractivity contribution in [3.05, 3.63) is 84.3 Å². The largest absolute Gasteiger partial charge is 0.497 e. The summed E-state index contributed by atoms with van der Waals surface area (Å²) in [6.45, 7) is 2.09. The van der Waals surface area contributed by atoms with Gasteiger partial charge in [0.15, 0.2) is 17.2 Å². The Bertz CT molecular complexity index is 1560. The number of hydrogen-bond donors (Lipinski definition) is 3. The number of ether oxygens (including phenoxy) is 2. The van der Waals surface area contributed by atoms with Crippen molar-refractivity contribution in [2.24, 2.45) is 0 Å². The number of aliphatic hydroxyl groups excluding tert-OH is 1. The number of Topliss-reactive ketones (excluding diaryl/α,β-unsaturated/α-hetero) is 1. The number of hydrogen-bond acceptors (Lipinski definition) is 9. The number of methoxy groups -OCH3 is 1. The molecule has 10 heteroatoms. The van der Waals surface area contributed by atoms with Crippen LogP contribution in [0.3, 0.4) is 0 Å². The molecular weight excluding hydrogens is 522 g/mol. The summed E-state index contributed by atoms with van der Waals surface area (Å²) in [5, 5.41) is 19.6. The van der Waals surface area contributed by atoms with Crippen LogP contribution in [0.4, 0.5) is 11.5 Å². The Balaban J connectivity index is 1.32. The van der Waals surface area contributed by atoms with Crippen molar-refractivity contribution in [3.63, 3.8) is 0 Å². The molecule has 0 atom stereocenters. The maximum Gasteiger partial charge on any atom is 0.201 e. The number of carbonyl (C=O) groups is 2. The normalized spacial score (nSPS) is 11.2. The fourth-order valence-corrected chi connectivity index (χ4v) is 4.26. The number of aliphatic hydroxyl groups is 1. The lowest BCUT2D eigenvalue weighted by molar-refractivity contribution is -0.115. The third-order valence-electron chi connectivity index (χ3n) is 6.46. The summed E-state index contributed by atoms with van der Waals surface area (Å²) in [5.41, 5.74) is 4.74. The van der Waals surface area contributed by atoms with Gasteiger partial charge in [-0.3, -0.25) is 14.0 Å². The van der Waals surface area contributed by atoms with Crippen LogP contribution in [0, 0.1) is 12.3 Å². The van der Waals surface area contributed by atoms with E-state index < -0.39 is 12.4 Å². The highest BCUT2D eigenvalue weighted by Crippen LogP contribution is 2.27. The quantitative estimate of drug-likeness (QED) is 0.0809. The van der Waals surface area contributed by atoms with Crippen LogP contribution in [0.1, 0.15) is 35.2 Å². The van der Waals surface area contributed by atoms with Crippen LogP contribution >= 0.6 is 0 Å². The molecule has 2 aromatic heterocycles. The lowest BCUT2D eigenvalue weighted by Crippen LogP contribution is -2.17. The maximum atomic E-state index is 12.7. The Hall–Kier alpha value is -4.67. The third-order valence-corrected chi connectivity index (χ3v) is 6.46. The fourth-order valence-electron chi connectivity index (χ4n) is 4.26. The third kappa shape index (κ3) is 7.50. The zero-order valence-corrected chi connectivity index (χ0v) is 23.1. The van der Waals surface area contributed by atoms with Crippen LogP contribution in [-0.2, 0) is 9.53 Å². The Kier molecular flexibility index (Phi) is 10.1. The monoisotopic (exact) mass is 555 g/mol. The topological polar surface area (TPSA) is 139 Å². The van der Waals surface area contributed by atoms with E-state index in [2.05, 4.69) is 15.3 Å². The molecule has 0 aliphatic carbocycles. The van der Waals surface area contributed by atoms with Crippen molar-refractivity contribution in [3.8, 4) is 17.0 Å². The van der Waals surface area contributed by atoms with Gasteiger partial charge in [0, 0.05) is 35.8 Å². The maximum absolute atomic E-state index is 12.7. The van der Waals surface area contributed by atoms with Crippen LogP contribution in [0.25, 0.3) is 16.9 Å². The number of fused-ring (bicyclic) bond motifs is 1. The highest BCUT2D eigenvalue weighted by molar-refractivity contribution is 6.39. The van der Waals surface area contributed by atoms with E-state index in [1.54, 1.807) is 31.5 Å². The zero-order valence-electron chi connectivity index (χ0n) is 23.1. The lowest BCUT2D eigenvalue weighted by atomic mass is 10.0. The van der Waals surface area contributed by atoms with Gasteiger partial charge in [0.25, 0.3) is 0 Å². The summed E-state index contributed by atoms with van der Waals surface area (Å²) in [6, 6.07) is 13.3. The van der Waals surface area contributed by atoms with Gasteiger partial charge in [-0.25, -0.2) is 9.97 Å². The van der Waals surface area contributed by atoms with Gasteiger partial charge in [-0.1, -0.05) is 6.08 Å². The second-order valence-electron chi connectivity index (χ2n) is 9.33. The minimum atomic E-state index is -0.636. The number of nitrogens with one attached hydrogen (secondary N) is 2. The van der Waals surface area contributed by atoms with Gasteiger partial charge in [0.2, 0.25) is 5.78 Å². The average Bonchev–Trinajstić information content (AvgIpc) is 3.43. The van der Waals surface area contributed by atoms with Crippen LogP contribution in [-0.4, -0.2) is 63.7 Å². The Morgan fingerprint density at radius 2 is 1.93 bits per heavy atom. The molecule has 0 radical (unpaired) electrons. The van der Waals surface area contributed by atoms with Gasteiger partial charge < -0.3 is 25.3 Å². The molecule has 0 unspecified atom stereocenters. The second-order valence-corrected chi connectivity index (χ2v) is 9.33. The Morgan fingerprint density at radius 1 is 1.12 bits per heavy atom. The predicted octanol–water partition coefficient (Wildman–Crippen LogP) is 4.96. The molecule has 4 rings (SSSR count). The van der Waals surface area contributed by atoms with E-state index in [0.717, 1.165) is 28.3 Å². The molecule has 0 aliphatic heterocycles. The molecule has 0 saturated heterocycles. The second kappa shape index (κ2) is 14.1. The smallest absolute Gasteiger partial charge is 0.201 e. The minimum absolute atomic E-state index is 0.0908. The summed E-state index contributed by atoms with van der Waals surface area (Å²) >= 11 is 0. The molecule has 2 heterocycles. The number of aryl methyl sites for hydroxylation is 1. The summed E-state index contributed by atoms with van der Waals surface area (Å²) in [5.74, 6) is 0.733. The van der Waals surface area contributed by atoms with Gasteiger partial charge in [0.05, 0.1) is 31.3 Å². The molecule has 0 spiro atoms. The molecule has 3 N–H and O–H groups in total. The first-order valence-electron chi connectivity index (χ1n) is 13.3. The molecule has 41 heavy (non-hydrogen) atoms. The van der Waals surface area contributed by atoms with Crippen LogP contribution < -0.4 is 10.1 Å². The van der Waals surface area contributed by atoms with E-state index in [0.29, 0.717) is 43.1 Å². The van der Waals surface area contributed by atoms with Crippen LogP contribution in [0.15, 0.2) is 73.2 Å². The van der Waals surface area contributed by atoms with E-state index in [-0.39, 0.29) is 17.9 Å². The number of imidazole rings is 1. The van der Waals surface area contributed by atoms with Crippen molar-refractivity contribution in [2.45, 2.75) is 26.2 Å². The molecule has 212 valence electrons. The molecule has 0 bridgehead atoms. The summed E-state index contributed by atoms with van der Waals surface area (Å²) < 4.78 is 12.7. The van der Waals surface area contributed by atoms with E-state index in [9.17, 15) is 9.59 Å². The number of aromatic nitrogens is 3. The summed E-state index contributed by atoms with van der Waals surface area (Å²) in [4.78, 5) is 33.0. The molecule has 0 fully saturated rings. The fraction of sp³-hybridized carbons (Fsp3) is 0.258. The number of ketones is 2. The number of anilines is 2. The van der Waals surface area contributed by atoms with Crippen molar-refractivity contribution in [2.75, 3.05) is 32.2 Å². The van der Waals surface area contributed by atoms with Gasteiger partial charge in [0.1, 0.15) is 12.4 Å². The van der Waals surface area contributed by atoms with Gasteiger partial charge >= 0.3 is 0 Å². The number of benzene rings is 2. The lowest BCUT2D eigenvalue weighted by Gasteiger charge is -2.10. The highest BCUT2D eigenvalue weighted by Gasteiger charge is 2.12. The molecule has 0 amide bonds. The molecule has 10 nitrogen and oxygen atoms in total. The minimum Gasteiger partial charge on any atom is -0.497 e.